The van der Waals surface area contributed by atoms with Crippen molar-refractivity contribution in [3.8, 4) is 23.0 Å². The van der Waals surface area contributed by atoms with E-state index in [1.54, 1.807) is 35.1 Å². The van der Waals surface area contributed by atoms with Crippen molar-refractivity contribution in [2.45, 2.75) is 30.2 Å². The smallest absolute Gasteiger partial charge is 0.293 e. The van der Waals surface area contributed by atoms with Gasteiger partial charge in [-0.1, -0.05) is 30.3 Å². The quantitative estimate of drug-likeness (QED) is 0.325. The van der Waals surface area contributed by atoms with Crippen LogP contribution in [0.4, 0.5) is 26.3 Å². The van der Waals surface area contributed by atoms with E-state index >= 15 is 0 Å². The van der Waals surface area contributed by atoms with Gasteiger partial charge in [0.1, 0.15) is 17.8 Å². The average Bonchev–Trinajstić information content (AvgIpc) is 3.17. The first-order valence-electron chi connectivity index (χ1n) is 10.5. The van der Waals surface area contributed by atoms with Crippen LogP contribution in [0.5, 0.6) is 0 Å². The Labute approximate surface area is 206 Å². The van der Waals surface area contributed by atoms with Gasteiger partial charge in [-0.2, -0.15) is 36.3 Å². The minimum Gasteiger partial charge on any atom is -0.293 e. The summed E-state index contributed by atoms with van der Waals surface area (Å²) in [6, 6.07) is 13.3. The number of halogens is 6. The molecule has 13 heteroatoms. The number of pyridine rings is 1. The molecule has 0 saturated heterocycles. The Morgan fingerprint density at radius 3 is 2.16 bits per heavy atom. The number of aromatic nitrogens is 2. The molecule has 37 heavy (non-hydrogen) atoms. The Bertz CT molecular complexity index is 1600. The molecule has 0 amide bonds. The maximum atomic E-state index is 13.4. The van der Waals surface area contributed by atoms with Gasteiger partial charge in [-0.3, -0.25) is 4.57 Å². The predicted molar refractivity (Wildman–Crippen MR) is 122 cm³/mol. The third kappa shape index (κ3) is 5.03. The van der Waals surface area contributed by atoms with Gasteiger partial charge in [0.15, 0.2) is 0 Å². The van der Waals surface area contributed by atoms with E-state index < -0.39 is 38.9 Å². The summed E-state index contributed by atoms with van der Waals surface area (Å²) < 4.78 is 106. The largest absolute Gasteiger partial charge is 0.417 e. The number of hydrogen-bond acceptors (Lipinski definition) is 4. The highest BCUT2D eigenvalue weighted by Gasteiger charge is 2.39. The van der Waals surface area contributed by atoms with Gasteiger partial charge in [0, 0.05) is 22.8 Å². The number of nitrogens with one attached hydrogen (secondary N) is 1. The van der Waals surface area contributed by atoms with Crippen molar-refractivity contribution < 1.29 is 34.8 Å². The number of sulfonamides is 1. The first-order valence-corrected chi connectivity index (χ1v) is 12.0. The summed E-state index contributed by atoms with van der Waals surface area (Å²) in [6.07, 6.45) is -8.86. The van der Waals surface area contributed by atoms with Crippen LogP contribution >= 0.6 is 0 Å². The molecular formula is C24H16F6N4O2S. The lowest BCUT2D eigenvalue weighted by atomic mass is 10.1. The number of para-hydroxylation sites is 1. The second-order valence-corrected chi connectivity index (χ2v) is 9.72. The van der Waals surface area contributed by atoms with Gasteiger partial charge in [-0.05, 0) is 37.3 Å². The number of rotatable bonds is 5. The second-order valence-electron chi connectivity index (χ2n) is 8.01. The minimum absolute atomic E-state index is 0.0584. The van der Waals surface area contributed by atoms with Gasteiger partial charge >= 0.3 is 12.4 Å². The van der Waals surface area contributed by atoms with Crippen LogP contribution in [0, 0.1) is 11.3 Å². The monoisotopic (exact) mass is 538 g/mol. The zero-order valence-corrected chi connectivity index (χ0v) is 19.6. The molecule has 0 aliphatic rings. The van der Waals surface area contributed by atoms with Crippen molar-refractivity contribution in [3.05, 3.63) is 78.0 Å². The molecule has 0 bridgehead atoms. The molecule has 4 rings (SSSR count). The molecule has 0 aliphatic heterocycles. The first kappa shape index (κ1) is 26.2. The number of nitrogens with zero attached hydrogens (tertiary/aromatic N) is 3. The molecule has 0 radical (unpaired) electrons. The Morgan fingerprint density at radius 1 is 1.00 bits per heavy atom. The van der Waals surface area contributed by atoms with Gasteiger partial charge in [-0.25, -0.2) is 13.4 Å². The van der Waals surface area contributed by atoms with Gasteiger partial charge < -0.3 is 0 Å². The van der Waals surface area contributed by atoms with E-state index in [1.165, 1.54) is 16.7 Å². The van der Waals surface area contributed by atoms with Crippen LogP contribution in [0.15, 0.2) is 71.8 Å². The summed E-state index contributed by atoms with van der Waals surface area (Å²) >= 11 is 0. The van der Waals surface area contributed by atoms with Crippen LogP contribution in [0.1, 0.15) is 18.1 Å². The fourth-order valence-corrected chi connectivity index (χ4v) is 4.92. The lowest BCUT2D eigenvalue weighted by molar-refractivity contribution is -0.147. The topological polar surface area (TPSA) is 87.8 Å². The zero-order valence-electron chi connectivity index (χ0n) is 18.8. The van der Waals surface area contributed by atoms with Crippen molar-refractivity contribution in [1.29, 1.82) is 5.26 Å². The molecule has 4 aromatic rings. The summed E-state index contributed by atoms with van der Waals surface area (Å²) in [5.41, 5.74) is -0.306. The van der Waals surface area contributed by atoms with Crippen molar-refractivity contribution in [1.82, 2.24) is 14.3 Å². The van der Waals surface area contributed by atoms with Gasteiger partial charge in [0.25, 0.3) is 0 Å². The molecule has 1 atom stereocenters. The molecule has 0 spiro atoms. The molecule has 6 nitrogen and oxygen atoms in total. The summed E-state index contributed by atoms with van der Waals surface area (Å²) in [5, 5.41) is 9.83. The highest BCUT2D eigenvalue weighted by atomic mass is 32.2. The average molecular weight is 538 g/mol. The molecule has 2 heterocycles. The van der Waals surface area contributed by atoms with Crippen molar-refractivity contribution in [2.75, 3.05) is 0 Å². The van der Waals surface area contributed by atoms with Crippen molar-refractivity contribution in [3.63, 3.8) is 0 Å². The first-order chi connectivity index (χ1) is 17.2. The Hall–Kier alpha value is -3.89. The van der Waals surface area contributed by atoms with E-state index in [4.69, 9.17) is 0 Å². The number of hydrogen-bond donors (Lipinski definition) is 1. The Balaban J connectivity index is 1.91. The normalized spacial score (nSPS) is 13.5. The maximum absolute atomic E-state index is 13.4. The zero-order chi connectivity index (χ0) is 27.2. The molecule has 0 fully saturated rings. The summed E-state index contributed by atoms with van der Waals surface area (Å²) in [4.78, 5) is 3.50. The van der Waals surface area contributed by atoms with Gasteiger partial charge in [-0.15, -0.1) is 0 Å². The van der Waals surface area contributed by atoms with Crippen LogP contribution in [0.3, 0.4) is 0 Å². The fraction of sp³-hybridized carbons (Fsp3) is 0.167. The molecule has 1 N–H and O–H groups in total. The van der Waals surface area contributed by atoms with Crippen molar-refractivity contribution >= 4 is 21.1 Å². The molecule has 2 aromatic carbocycles. The standard InChI is InChI=1S/C24H16F6N4O2S/c1-14(23(25,26)27)33-37(35,36)18-9-7-15(8-10-18)21-20(12-31)19-11-16(24(28,29)30)13-32-22(19)34(21)17-5-3-2-4-6-17/h2-11,13-14,33H,1H3/t14-/m1/s1. The van der Waals surface area contributed by atoms with E-state index in [-0.39, 0.29) is 27.9 Å². The third-order valence-electron chi connectivity index (χ3n) is 5.52. The summed E-state index contributed by atoms with van der Waals surface area (Å²) in [7, 11) is -4.55. The van der Waals surface area contributed by atoms with E-state index in [9.17, 15) is 40.0 Å². The van der Waals surface area contributed by atoms with Crippen molar-refractivity contribution in [2.24, 2.45) is 0 Å². The number of alkyl halides is 6. The second kappa shape index (κ2) is 9.20. The summed E-state index contributed by atoms with van der Waals surface area (Å²) in [5.74, 6) is 0. The Kier molecular flexibility index (Phi) is 6.51. The molecule has 0 aliphatic carbocycles. The van der Waals surface area contributed by atoms with Crippen LogP contribution in [0.2, 0.25) is 0 Å². The third-order valence-corrected chi connectivity index (χ3v) is 7.08. The van der Waals surface area contributed by atoms with Crippen LogP contribution in [-0.4, -0.2) is 30.2 Å². The predicted octanol–water partition coefficient (Wildman–Crippen LogP) is 5.81. The maximum Gasteiger partial charge on any atom is 0.417 e. The van der Waals surface area contributed by atoms with Crippen LogP contribution in [-0.2, 0) is 16.2 Å². The molecule has 0 saturated carbocycles. The van der Waals surface area contributed by atoms with Crippen LogP contribution < -0.4 is 4.72 Å². The van der Waals surface area contributed by atoms with Crippen LogP contribution in [0.25, 0.3) is 28.0 Å². The minimum atomic E-state index is -4.80. The lowest BCUT2D eigenvalue weighted by Gasteiger charge is -2.17. The van der Waals surface area contributed by atoms with Gasteiger partial charge in [0.2, 0.25) is 10.0 Å². The molecule has 0 unspecified atom stereocenters. The highest BCUT2D eigenvalue weighted by molar-refractivity contribution is 7.89. The number of fused-ring (bicyclic) bond motifs is 1. The summed E-state index contributed by atoms with van der Waals surface area (Å²) in [6.45, 7) is 0.658. The number of benzene rings is 2. The molecular weight excluding hydrogens is 522 g/mol. The lowest BCUT2D eigenvalue weighted by Crippen LogP contribution is -2.42. The fourth-order valence-electron chi connectivity index (χ4n) is 3.69. The van der Waals surface area contributed by atoms with E-state index in [0.717, 1.165) is 18.2 Å². The Morgan fingerprint density at radius 2 is 1.62 bits per heavy atom. The molecule has 192 valence electrons. The molecule has 2 aromatic heterocycles. The highest BCUT2D eigenvalue weighted by Crippen LogP contribution is 2.38. The van der Waals surface area contributed by atoms with E-state index in [2.05, 4.69) is 4.98 Å². The number of nitriles is 1. The van der Waals surface area contributed by atoms with Gasteiger partial charge in [0.05, 0.1) is 21.7 Å². The van der Waals surface area contributed by atoms with E-state index in [1.807, 2.05) is 6.07 Å². The van der Waals surface area contributed by atoms with E-state index in [0.29, 0.717) is 18.8 Å². The SMILES string of the molecule is C[C@@H](NS(=O)(=O)c1ccc(-c2c(C#N)c3cc(C(F)(F)F)cnc3n2-c2ccccc2)cc1)C(F)(F)F.